The van der Waals surface area contributed by atoms with E-state index in [0.29, 0.717) is 6.42 Å². The minimum atomic E-state index is -0.851. The Morgan fingerprint density at radius 2 is 1.64 bits per heavy atom. The van der Waals surface area contributed by atoms with Crippen LogP contribution in [0, 0.1) is 0 Å². The molecule has 0 radical (unpaired) electrons. The molecule has 0 aromatic heterocycles. The van der Waals surface area contributed by atoms with Gasteiger partial charge in [-0.25, -0.2) is 0 Å². The molecular formula is C11H17NO2. The molecule has 1 aromatic carbocycles. The molecule has 0 bridgehead atoms. The van der Waals surface area contributed by atoms with E-state index in [9.17, 15) is 0 Å². The zero-order valence-corrected chi connectivity index (χ0v) is 8.19. The molecule has 0 aliphatic rings. The average Bonchev–Trinajstić information content (AvgIpc) is 2.27. The van der Waals surface area contributed by atoms with Crippen LogP contribution in [0.3, 0.4) is 0 Å². The Morgan fingerprint density at radius 1 is 1.07 bits per heavy atom. The largest absolute Gasteiger partial charge is 0.394 e. The van der Waals surface area contributed by atoms with Crippen molar-refractivity contribution < 1.29 is 10.2 Å². The first-order valence-electron chi connectivity index (χ1n) is 4.75. The first-order valence-corrected chi connectivity index (χ1v) is 4.75. The number of rotatable bonds is 5. The molecule has 3 heteroatoms. The Kier molecular flexibility index (Phi) is 4.07. The maximum atomic E-state index is 8.98. The minimum Gasteiger partial charge on any atom is -0.394 e. The van der Waals surface area contributed by atoms with E-state index < -0.39 is 5.54 Å². The molecule has 0 atom stereocenters. The van der Waals surface area contributed by atoms with E-state index in [0.717, 1.165) is 6.42 Å². The fourth-order valence-corrected chi connectivity index (χ4v) is 1.25. The summed E-state index contributed by atoms with van der Waals surface area (Å²) in [7, 11) is 0. The number of benzene rings is 1. The van der Waals surface area contributed by atoms with Crippen LogP contribution < -0.4 is 5.73 Å². The van der Waals surface area contributed by atoms with Crippen molar-refractivity contribution in [3.8, 4) is 0 Å². The molecule has 1 rings (SSSR count). The van der Waals surface area contributed by atoms with Gasteiger partial charge in [-0.3, -0.25) is 0 Å². The van der Waals surface area contributed by atoms with Crippen molar-refractivity contribution in [2.45, 2.75) is 18.4 Å². The minimum absolute atomic E-state index is 0.184. The van der Waals surface area contributed by atoms with Gasteiger partial charge in [0.2, 0.25) is 0 Å². The molecule has 0 fully saturated rings. The van der Waals surface area contributed by atoms with Gasteiger partial charge < -0.3 is 15.9 Å². The van der Waals surface area contributed by atoms with E-state index in [1.807, 2.05) is 30.3 Å². The summed E-state index contributed by atoms with van der Waals surface area (Å²) in [5.74, 6) is 0. The van der Waals surface area contributed by atoms with Crippen LogP contribution in [0.25, 0.3) is 0 Å². The van der Waals surface area contributed by atoms with Gasteiger partial charge >= 0.3 is 0 Å². The van der Waals surface area contributed by atoms with Crippen molar-refractivity contribution in [2.75, 3.05) is 13.2 Å². The van der Waals surface area contributed by atoms with Gasteiger partial charge in [0.15, 0.2) is 0 Å². The highest BCUT2D eigenvalue weighted by atomic mass is 16.3. The third-order valence-corrected chi connectivity index (χ3v) is 2.38. The van der Waals surface area contributed by atoms with E-state index in [4.69, 9.17) is 15.9 Å². The van der Waals surface area contributed by atoms with Crippen LogP contribution in [0.5, 0.6) is 0 Å². The Balaban J connectivity index is 2.48. The summed E-state index contributed by atoms with van der Waals surface area (Å²) in [6.07, 6.45) is 1.36. The van der Waals surface area contributed by atoms with Crippen molar-refractivity contribution in [1.82, 2.24) is 0 Å². The maximum absolute atomic E-state index is 8.98. The highest BCUT2D eigenvalue weighted by molar-refractivity contribution is 5.15. The first-order chi connectivity index (χ1) is 6.70. The number of hydrogen-bond acceptors (Lipinski definition) is 3. The van der Waals surface area contributed by atoms with Crippen LogP contribution in [0.4, 0.5) is 0 Å². The smallest absolute Gasteiger partial charge is 0.0633 e. The van der Waals surface area contributed by atoms with Gasteiger partial charge in [-0.05, 0) is 18.4 Å². The van der Waals surface area contributed by atoms with Gasteiger partial charge in [-0.2, -0.15) is 0 Å². The van der Waals surface area contributed by atoms with Gasteiger partial charge in [0.25, 0.3) is 0 Å². The lowest BCUT2D eigenvalue weighted by Crippen LogP contribution is -2.47. The second-order valence-corrected chi connectivity index (χ2v) is 3.66. The monoisotopic (exact) mass is 195 g/mol. The van der Waals surface area contributed by atoms with Crippen LogP contribution in [0.15, 0.2) is 30.3 Å². The molecule has 0 saturated carbocycles. The maximum Gasteiger partial charge on any atom is 0.0633 e. The van der Waals surface area contributed by atoms with Crippen LogP contribution in [0.1, 0.15) is 12.0 Å². The van der Waals surface area contributed by atoms with E-state index in [1.165, 1.54) is 5.56 Å². The molecule has 3 nitrogen and oxygen atoms in total. The summed E-state index contributed by atoms with van der Waals surface area (Å²) in [4.78, 5) is 0. The number of aryl methyl sites for hydroxylation is 1. The molecule has 0 unspecified atom stereocenters. The van der Waals surface area contributed by atoms with Crippen molar-refractivity contribution in [3.63, 3.8) is 0 Å². The standard InChI is InChI=1S/C11H17NO2/c12-11(8-13,9-14)7-6-10-4-2-1-3-5-10/h1-5,13-14H,6-9,12H2. The molecule has 0 spiro atoms. The second kappa shape index (κ2) is 5.10. The molecular weight excluding hydrogens is 178 g/mol. The van der Waals surface area contributed by atoms with Crippen molar-refractivity contribution in [1.29, 1.82) is 0 Å². The number of nitrogens with two attached hydrogens (primary N) is 1. The SMILES string of the molecule is NC(CO)(CO)CCc1ccccc1. The van der Waals surface area contributed by atoms with E-state index >= 15 is 0 Å². The van der Waals surface area contributed by atoms with Gasteiger partial charge in [0, 0.05) is 0 Å². The Hall–Kier alpha value is -0.900. The molecule has 78 valence electrons. The highest BCUT2D eigenvalue weighted by Crippen LogP contribution is 2.10. The van der Waals surface area contributed by atoms with Gasteiger partial charge in [-0.1, -0.05) is 30.3 Å². The lowest BCUT2D eigenvalue weighted by Gasteiger charge is -2.24. The normalized spacial score (nSPS) is 11.6. The molecule has 1 aromatic rings. The predicted molar refractivity (Wildman–Crippen MR) is 55.9 cm³/mol. The third kappa shape index (κ3) is 3.10. The second-order valence-electron chi connectivity index (χ2n) is 3.66. The van der Waals surface area contributed by atoms with Gasteiger partial charge in [-0.15, -0.1) is 0 Å². The molecule has 0 aliphatic heterocycles. The van der Waals surface area contributed by atoms with E-state index in [-0.39, 0.29) is 13.2 Å². The molecule has 0 aliphatic carbocycles. The zero-order chi connectivity index (χ0) is 10.4. The summed E-state index contributed by atoms with van der Waals surface area (Å²) in [5.41, 5.74) is 6.06. The van der Waals surface area contributed by atoms with Crippen LogP contribution >= 0.6 is 0 Å². The number of aliphatic hydroxyl groups is 2. The number of hydrogen-bond donors (Lipinski definition) is 3. The summed E-state index contributed by atoms with van der Waals surface area (Å²) in [5, 5.41) is 18.0. The van der Waals surface area contributed by atoms with E-state index in [1.54, 1.807) is 0 Å². The van der Waals surface area contributed by atoms with Crippen molar-refractivity contribution >= 4 is 0 Å². The quantitative estimate of drug-likeness (QED) is 0.633. The third-order valence-electron chi connectivity index (χ3n) is 2.38. The predicted octanol–water partition coefficient (Wildman–Crippen LogP) is 0.301. The highest BCUT2D eigenvalue weighted by Gasteiger charge is 2.22. The lowest BCUT2D eigenvalue weighted by atomic mass is 9.94. The fourth-order valence-electron chi connectivity index (χ4n) is 1.25. The Morgan fingerprint density at radius 3 is 2.14 bits per heavy atom. The van der Waals surface area contributed by atoms with Gasteiger partial charge in [0.1, 0.15) is 0 Å². The van der Waals surface area contributed by atoms with Crippen molar-refractivity contribution in [2.24, 2.45) is 5.73 Å². The molecule has 0 amide bonds. The molecule has 0 saturated heterocycles. The fraction of sp³-hybridized carbons (Fsp3) is 0.455. The summed E-state index contributed by atoms with van der Waals surface area (Å²) >= 11 is 0. The molecule has 14 heavy (non-hydrogen) atoms. The topological polar surface area (TPSA) is 66.5 Å². The zero-order valence-electron chi connectivity index (χ0n) is 8.19. The molecule has 4 N–H and O–H groups in total. The summed E-state index contributed by atoms with van der Waals surface area (Å²) < 4.78 is 0. The van der Waals surface area contributed by atoms with Crippen LogP contribution in [0.2, 0.25) is 0 Å². The average molecular weight is 195 g/mol. The molecule has 0 heterocycles. The summed E-state index contributed by atoms with van der Waals surface area (Å²) in [6.45, 7) is -0.368. The lowest BCUT2D eigenvalue weighted by molar-refractivity contribution is 0.115. The van der Waals surface area contributed by atoms with Crippen molar-refractivity contribution in [3.05, 3.63) is 35.9 Å². The van der Waals surface area contributed by atoms with Crippen LogP contribution in [-0.4, -0.2) is 29.0 Å². The van der Waals surface area contributed by atoms with Gasteiger partial charge in [0.05, 0.1) is 18.8 Å². The van der Waals surface area contributed by atoms with Crippen LogP contribution in [-0.2, 0) is 6.42 Å². The van der Waals surface area contributed by atoms with E-state index in [2.05, 4.69) is 0 Å². The Labute approximate surface area is 84.2 Å². The Bertz CT molecular complexity index is 257. The number of aliphatic hydroxyl groups excluding tert-OH is 2. The first kappa shape index (κ1) is 11.2. The summed E-state index contributed by atoms with van der Waals surface area (Å²) in [6, 6.07) is 9.90.